The number of hydrogen-bond acceptors (Lipinski definition) is 1. The number of halogens is 2. The van der Waals surface area contributed by atoms with Crippen molar-refractivity contribution in [2.45, 2.75) is 0 Å². The number of rotatable bonds is 0. The fourth-order valence-corrected chi connectivity index (χ4v) is 0. The fraction of sp³-hybridized carbons (Fsp3) is 0. The molecule has 0 aliphatic carbocycles. The van der Waals surface area contributed by atoms with Gasteiger partial charge in [-0.2, -0.15) is 0 Å². The second-order valence-corrected chi connectivity index (χ2v) is 2.69. The van der Waals surface area contributed by atoms with E-state index in [0.717, 1.165) is 0 Å². The van der Waals surface area contributed by atoms with Crippen LogP contribution in [-0.4, -0.2) is 6.79 Å². The van der Waals surface area contributed by atoms with Gasteiger partial charge < -0.3 is 4.79 Å². The number of carbonyl (C=O) groups excluding carboxylic acids is 1. The maximum absolute atomic E-state index is 7.75. The first kappa shape index (κ1) is 9.30. The molecule has 0 aliphatic rings. The molecule has 1 nitrogen and oxygen atoms in total. The predicted molar refractivity (Wildman–Crippen MR) is 18.5 cm³/mol. The Labute approximate surface area is 46.3 Å². The van der Waals surface area contributed by atoms with Crippen molar-refractivity contribution in [3.63, 3.8) is 0 Å². The molecule has 0 saturated heterocycles. The Bertz CT molecular complexity index is 13.6. The van der Waals surface area contributed by atoms with Crippen molar-refractivity contribution in [3.05, 3.63) is 0 Å². The van der Waals surface area contributed by atoms with Crippen LogP contribution in [0.1, 0.15) is 0 Å². The van der Waals surface area contributed by atoms with Crippen LogP contribution in [-0.2, 0) is 19.9 Å². The van der Waals surface area contributed by atoms with E-state index in [4.69, 9.17) is 24.2 Å². The zero-order valence-corrected chi connectivity index (χ0v) is 5.35. The Morgan fingerprint density at radius 1 is 1.40 bits per heavy atom. The average Bonchev–Trinajstić information content (AvgIpc) is 1.46. The Hall–Kier alpha value is 0.873. The van der Waals surface area contributed by atoms with Crippen LogP contribution in [0.2, 0.25) is 0 Å². The molecule has 4 heteroatoms. The zero-order chi connectivity index (χ0) is 4.71. The fourth-order valence-electron chi connectivity index (χ4n) is 0. The van der Waals surface area contributed by atoms with Gasteiger partial charge >= 0.3 is 34.5 Å². The van der Waals surface area contributed by atoms with Gasteiger partial charge in [0.25, 0.3) is 0 Å². The zero-order valence-electron chi connectivity index (χ0n) is 2.10. The summed E-state index contributed by atoms with van der Waals surface area (Å²) in [4.78, 5) is 7.75. The molecule has 0 N–H and O–H groups in total. The molecule has 0 aromatic carbocycles. The van der Waals surface area contributed by atoms with Crippen molar-refractivity contribution in [3.8, 4) is 0 Å². The first-order valence-electron chi connectivity index (χ1n) is 0.503. The standard InChI is InChI=1S/CHO.2ClH.Ru/c1-2;;;/h1H;2*1H;/q-1;;;+2/p-2. The summed E-state index contributed by atoms with van der Waals surface area (Å²) in [7, 11) is 9.71. The SMILES string of the molecule is [CH-]=O.[Cl][Ru][Cl]. The molecule has 0 aliphatic heterocycles. The van der Waals surface area contributed by atoms with E-state index in [1.165, 1.54) is 0 Å². The quantitative estimate of drug-likeness (QED) is 0.326. The van der Waals surface area contributed by atoms with E-state index in [2.05, 4.69) is 6.79 Å². The van der Waals surface area contributed by atoms with Crippen LogP contribution in [0.25, 0.3) is 0 Å². The Kier molecular flexibility index (Phi) is 38.7. The van der Waals surface area contributed by atoms with Gasteiger partial charge in [-0.15, -0.1) is 0 Å². The molecular formula is CHCl2ORu-. The van der Waals surface area contributed by atoms with Crippen molar-refractivity contribution in [1.29, 1.82) is 0 Å². The van der Waals surface area contributed by atoms with Gasteiger partial charge in [0.1, 0.15) is 0 Å². The van der Waals surface area contributed by atoms with Crippen molar-refractivity contribution in [2.24, 2.45) is 0 Å². The molecule has 0 aromatic rings. The van der Waals surface area contributed by atoms with Crippen molar-refractivity contribution >= 4 is 26.2 Å². The molecule has 0 aromatic heterocycles. The van der Waals surface area contributed by atoms with E-state index in [0.29, 0.717) is 0 Å². The van der Waals surface area contributed by atoms with Crippen LogP contribution in [0.4, 0.5) is 0 Å². The Morgan fingerprint density at radius 3 is 1.40 bits per heavy atom. The first-order valence-corrected chi connectivity index (χ1v) is 4.98. The van der Waals surface area contributed by atoms with Crippen molar-refractivity contribution in [2.75, 3.05) is 0 Å². The normalized spacial score (nSPS) is 5.20. The van der Waals surface area contributed by atoms with Crippen molar-refractivity contribution in [1.82, 2.24) is 0 Å². The van der Waals surface area contributed by atoms with E-state index in [-0.39, 0.29) is 15.1 Å². The van der Waals surface area contributed by atoms with Crippen LogP contribution < -0.4 is 0 Å². The molecule has 34 valence electrons. The van der Waals surface area contributed by atoms with Gasteiger partial charge in [-0.1, -0.05) is 0 Å². The second kappa shape index (κ2) is 20.8. The minimum atomic E-state index is -0.346. The van der Waals surface area contributed by atoms with Crippen LogP contribution in [0.15, 0.2) is 0 Å². The second-order valence-electron chi connectivity index (χ2n) is 0.0505. The van der Waals surface area contributed by atoms with Crippen LogP contribution in [0, 0.1) is 0 Å². The van der Waals surface area contributed by atoms with Crippen molar-refractivity contribution < 1.29 is 19.9 Å². The minimum absolute atomic E-state index is 0.346. The van der Waals surface area contributed by atoms with Crippen LogP contribution in [0.3, 0.4) is 0 Å². The van der Waals surface area contributed by atoms with Crippen LogP contribution >= 0.6 is 19.4 Å². The summed E-state index contributed by atoms with van der Waals surface area (Å²) in [5.41, 5.74) is 0. The summed E-state index contributed by atoms with van der Waals surface area (Å²) in [5, 5.41) is 0. The molecule has 0 rings (SSSR count). The molecule has 0 amide bonds. The number of hydrogen-bond donors (Lipinski definition) is 0. The molecule has 0 heterocycles. The molecule has 0 radical (unpaired) electrons. The van der Waals surface area contributed by atoms with Gasteiger partial charge in [-0.05, 0) is 0 Å². The summed E-state index contributed by atoms with van der Waals surface area (Å²) in [6.45, 7) is 3.25. The summed E-state index contributed by atoms with van der Waals surface area (Å²) in [6, 6.07) is 0. The maximum atomic E-state index is 7.75. The van der Waals surface area contributed by atoms with E-state index < -0.39 is 0 Å². The van der Waals surface area contributed by atoms with E-state index >= 15 is 0 Å². The molecule has 0 bridgehead atoms. The summed E-state index contributed by atoms with van der Waals surface area (Å²) >= 11 is -0.346. The van der Waals surface area contributed by atoms with Gasteiger partial charge in [0.2, 0.25) is 0 Å². The molecule has 0 spiro atoms. The predicted octanol–water partition coefficient (Wildman–Crippen LogP) is 1.10. The topological polar surface area (TPSA) is 17.1 Å². The molecule has 0 unspecified atom stereocenters. The third kappa shape index (κ3) is 52.7. The molecule has 0 fully saturated rings. The summed E-state index contributed by atoms with van der Waals surface area (Å²) in [6.07, 6.45) is 0. The third-order valence-corrected chi connectivity index (χ3v) is 0. The molecular weight excluding hydrogens is 200 g/mol. The van der Waals surface area contributed by atoms with Gasteiger partial charge in [0.05, 0.1) is 0 Å². The van der Waals surface area contributed by atoms with Crippen LogP contribution in [0.5, 0.6) is 0 Å². The Morgan fingerprint density at radius 2 is 1.40 bits per heavy atom. The summed E-state index contributed by atoms with van der Waals surface area (Å²) < 4.78 is 0. The third-order valence-electron chi connectivity index (χ3n) is 0. The Balaban J connectivity index is 0. The summed E-state index contributed by atoms with van der Waals surface area (Å²) in [5.74, 6) is 0. The van der Waals surface area contributed by atoms with E-state index in [1.807, 2.05) is 0 Å². The molecule has 0 atom stereocenters. The van der Waals surface area contributed by atoms with Gasteiger partial charge in [-0.25, -0.2) is 0 Å². The van der Waals surface area contributed by atoms with Gasteiger partial charge in [0.15, 0.2) is 0 Å². The van der Waals surface area contributed by atoms with E-state index in [1.54, 1.807) is 0 Å². The molecule has 5 heavy (non-hydrogen) atoms. The monoisotopic (exact) mass is 201 g/mol. The molecule has 0 saturated carbocycles. The van der Waals surface area contributed by atoms with Gasteiger partial charge in [0, 0.05) is 0 Å². The first-order chi connectivity index (χ1) is 2.41. The van der Waals surface area contributed by atoms with E-state index in [9.17, 15) is 0 Å². The average molecular weight is 201 g/mol. The van der Waals surface area contributed by atoms with Gasteiger partial charge in [-0.3, -0.25) is 6.79 Å².